The quantitative estimate of drug-likeness (QED) is 0.662. The van der Waals surface area contributed by atoms with Gasteiger partial charge in [0.05, 0.1) is 11.9 Å². The Labute approximate surface area is 139 Å². The molecule has 3 rings (SSSR count). The average Bonchev–Trinajstić information content (AvgIpc) is 2.94. The van der Waals surface area contributed by atoms with Crippen molar-refractivity contribution in [2.45, 2.75) is 11.9 Å². The molecule has 0 aliphatic carbocycles. The van der Waals surface area contributed by atoms with Crippen molar-refractivity contribution in [2.24, 2.45) is 0 Å². The molecule has 1 saturated heterocycles. The third-order valence-electron chi connectivity index (χ3n) is 3.50. The zero-order chi connectivity index (χ0) is 14.9. The van der Waals surface area contributed by atoms with Crippen LogP contribution in [0.5, 0.6) is 0 Å². The first-order valence-electron chi connectivity index (χ1n) is 6.52. The minimum atomic E-state index is -0.806. The van der Waals surface area contributed by atoms with Gasteiger partial charge in [-0.3, -0.25) is 0 Å². The van der Waals surface area contributed by atoms with E-state index in [4.69, 9.17) is 9.47 Å². The van der Waals surface area contributed by atoms with Crippen LogP contribution in [-0.2, 0) is 15.3 Å². The Balaban J connectivity index is 1.85. The summed E-state index contributed by atoms with van der Waals surface area (Å²) in [5.74, 6) is -1.06. The molecule has 0 radical (unpaired) electrons. The first-order chi connectivity index (χ1) is 10.1. The Morgan fingerprint density at radius 1 is 1.10 bits per heavy atom. The van der Waals surface area contributed by atoms with Crippen molar-refractivity contribution in [3.63, 3.8) is 0 Å². The van der Waals surface area contributed by atoms with Gasteiger partial charge in [-0.1, -0.05) is 56.1 Å². The van der Waals surface area contributed by atoms with Gasteiger partial charge < -0.3 is 9.47 Å². The van der Waals surface area contributed by atoms with E-state index in [0.717, 1.165) is 15.6 Å². The van der Waals surface area contributed by atoms with Crippen LogP contribution in [0.3, 0.4) is 0 Å². The maximum absolute atomic E-state index is 13.0. The highest BCUT2D eigenvalue weighted by Crippen LogP contribution is 2.41. The predicted octanol–water partition coefficient (Wildman–Crippen LogP) is 4.92. The molecular weight excluding hydrogens is 403 g/mol. The second-order valence-corrected chi connectivity index (χ2v) is 6.34. The lowest BCUT2D eigenvalue weighted by atomic mass is 10.1. The van der Waals surface area contributed by atoms with E-state index in [1.165, 1.54) is 12.1 Å². The van der Waals surface area contributed by atoms with E-state index in [-0.39, 0.29) is 11.9 Å². The molecule has 1 aliphatic heterocycles. The van der Waals surface area contributed by atoms with Crippen LogP contribution in [0.15, 0.2) is 53.0 Å². The third-order valence-corrected chi connectivity index (χ3v) is 4.77. The van der Waals surface area contributed by atoms with Crippen molar-refractivity contribution in [2.75, 3.05) is 11.9 Å². The van der Waals surface area contributed by atoms with Gasteiger partial charge in [0.2, 0.25) is 5.79 Å². The van der Waals surface area contributed by atoms with E-state index in [1.807, 2.05) is 24.3 Å². The summed E-state index contributed by atoms with van der Waals surface area (Å²) in [6, 6.07) is 14.2. The average molecular weight is 416 g/mol. The summed E-state index contributed by atoms with van der Waals surface area (Å²) in [6.45, 7) is 0.438. The smallest absolute Gasteiger partial charge is 0.205 e. The summed E-state index contributed by atoms with van der Waals surface area (Å²) >= 11 is 6.90. The van der Waals surface area contributed by atoms with Gasteiger partial charge in [-0.2, -0.15) is 0 Å². The Kier molecular flexibility index (Phi) is 4.45. The van der Waals surface area contributed by atoms with Gasteiger partial charge in [0.25, 0.3) is 0 Å². The Hall–Kier alpha value is -0.750. The minimum Gasteiger partial charge on any atom is -0.342 e. The largest absolute Gasteiger partial charge is 0.342 e. The summed E-state index contributed by atoms with van der Waals surface area (Å²) < 4.78 is 26.1. The van der Waals surface area contributed by atoms with Gasteiger partial charge in [-0.15, -0.1) is 0 Å². The number of halogens is 3. The molecule has 1 heterocycles. The molecule has 0 N–H and O–H groups in total. The SMILES string of the molecule is Fc1ccc([C@@H]2CO[C@@](CBr)(c3ccc(Br)cc3)O2)cc1. The topological polar surface area (TPSA) is 18.5 Å². The highest BCUT2D eigenvalue weighted by molar-refractivity contribution is 9.10. The maximum Gasteiger partial charge on any atom is 0.205 e. The van der Waals surface area contributed by atoms with Crippen molar-refractivity contribution < 1.29 is 13.9 Å². The van der Waals surface area contributed by atoms with Crippen LogP contribution in [0, 0.1) is 5.82 Å². The van der Waals surface area contributed by atoms with Crippen LogP contribution in [0.1, 0.15) is 17.2 Å². The summed E-state index contributed by atoms with van der Waals surface area (Å²) in [4.78, 5) is 0. The normalized spacial score (nSPS) is 25.2. The molecule has 1 fully saturated rings. The third kappa shape index (κ3) is 3.06. The van der Waals surface area contributed by atoms with Crippen molar-refractivity contribution in [1.29, 1.82) is 0 Å². The lowest BCUT2D eigenvalue weighted by molar-refractivity contribution is -0.157. The van der Waals surface area contributed by atoms with Crippen LogP contribution in [0.4, 0.5) is 4.39 Å². The second kappa shape index (κ2) is 6.16. The van der Waals surface area contributed by atoms with Crippen molar-refractivity contribution in [1.82, 2.24) is 0 Å². The maximum atomic E-state index is 13.0. The molecule has 110 valence electrons. The Morgan fingerprint density at radius 2 is 1.76 bits per heavy atom. The molecule has 2 aromatic rings. The van der Waals surface area contributed by atoms with Crippen molar-refractivity contribution in [3.8, 4) is 0 Å². The van der Waals surface area contributed by atoms with Gasteiger partial charge in [-0.25, -0.2) is 4.39 Å². The number of benzene rings is 2. The fraction of sp³-hybridized carbons (Fsp3) is 0.250. The molecule has 5 heteroatoms. The van der Waals surface area contributed by atoms with Gasteiger partial charge in [0, 0.05) is 10.0 Å². The van der Waals surface area contributed by atoms with Crippen LogP contribution >= 0.6 is 31.9 Å². The molecule has 2 atom stereocenters. The van der Waals surface area contributed by atoms with Crippen LogP contribution in [0.2, 0.25) is 0 Å². The molecule has 2 aromatic carbocycles. The first kappa shape index (κ1) is 15.2. The number of hydrogen-bond acceptors (Lipinski definition) is 2. The monoisotopic (exact) mass is 414 g/mol. The Morgan fingerprint density at radius 3 is 2.38 bits per heavy atom. The highest BCUT2D eigenvalue weighted by atomic mass is 79.9. The molecule has 0 bridgehead atoms. The number of ether oxygens (including phenoxy) is 2. The van der Waals surface area contributed by atoms with Crippen LogP contribution in [-0.4, -0.2) is 11.9 Å². The minimum absolute atomic E-state index is 0.202. The molecule has 1 aliphatic rings. The zero-order valence-corrected chi connectivity index (χ0v) is 14.2. The van der Waals surface area contributed by atoms with Crippen LogP contribution < -0.4 is 0 Å². The molecule has 0 unspecified atom stereocenters. The molecule has 2 nitrogen and oxygen atoms in total. The molecule has 0 amide bonds. The van der Waals surface area contributed by atoms with Crippen LogP contribution in [0.25, 0.3) is 0 Å². The number of hydrogen-bond donors (Lipinski definition) is 0. The summed E-state index contributed by atoms with van der Waals surface area (Å²) in [5.41, 5.74) is 1.86. The highest BCUT2D eigenvalue weighted by Gasteiger charge is 2.42. The van der Waals surface area contributed by atoms with Gasteiger partial charge in [-0.05, 0) is 29.8 Å². The van der Waals surface area contributed by atoms with E-state index in [9.17, 15) is 4.39 Å². The lowest BCUT2D eigenvalue weighted by Crippen LogP contribution is -2.29. The number of rotatable bonds is 3. The van der Waals surface area contributed by atoms with Crippen molar-refractivity contribution in [3.05, 3.63) is 69.9 Å². The van der Waals surface area contributed by atoms with E-state index in [0.29, 0.717) is 11.9 Å². The van der Waals surface area contributed by atoms with E-state index in [1.54, 1.807) is 12.1 Å². The van der Waals surface area contributed by atoms with Crippen molar-refractivity contribution >= 4 is 31.9 Å². The molecule has 0 spiro atoms. The Bertz CT molecular complexity index is 615. The zero-order valence-electron chi connectivity index (χ0n) is 11.1. The van der Waals surface area contributed by atoms with E-state index in [2.05, 4.69) is 31.9 Å². The molecule has 0 saturated carbocycles. The number of alkyl halides is 1. The fourth-order valence-corrected chi connectivity index (χ4v) is 3.23. The summed E-state index contributed by atoms with van der Waals surface area (Å²) in [5, 5.41) is 0.527. The lowest BCUT2D eigenvalue weighted by Gasteiger charge is -2.26. The first-order valence-corrected chi connectivity index (χ1v) is 8.44. The van der Waals surface area contributed by atoms with Gasteiger partial charge in [0.15, 0.2) is 0 Å². The summed E-state index contributed by atoms with van der Waals surface area (Å²) in [6.07, 6.45) is -0.202. The molecule has 0 aromatic heterocycles. The molecular formula is C16H13Br2FO2. The van der Waals surface area contributed by atoms with E-state index >= 15 is 0 Å². The van der Waals surface area contributed by atoms with Gasteiger partial charge >= 0.3 is 0 Å². The second-order valence-electron chi connectivity index (χ2n) is 4.86. The van der Waals surface area contributed by atoms with Gasteiger partial charge in [0.1, 0.15) is 11.9 Å². The fourth-order valence-electron chi connectivity index (χ4n) is 2.35. The predicted molar refractivity (Wildman–Crippen MR) is 85.8 cm³/mol. The molecule has 21 heavy (non-hydrogen) atoms. The standard InChI is InChI=1S/C16H13Br2FO2/c17-10-16(12-3-5-13(18)6-4-12)20-9-15(21-16)11-1-7-14(19)8-2-11/h1-8,15H,9-10H2/t15-,16+/m0/s1. The summed E-state index contributed by atoms with van der Waals surface area (Å²) in [7, 11) is 0. The van der Waals surface area contributed by atoms with E-state index < -0.39 is 5.79 Å².